The molecule has 3 aromatic rings. The first kappa shape index (κ1) is 24.9. The topological polar surface area (TPSA) is 69.7 Å². The van der Waals surface area contributed by atoms with E-state index in [-0.39, 0.29) is 12.2 Å². The highest BCUT2D eigenvalue weighted by molar-refractivity contribution is 6.03. The van der Waals surface area contributed by atoms with Gasteiger partial charge in [0.25, 0.3) is 0 Å². The lowest BCUT2D eigenvalue weighted by molar-refractivity contribution is 0.0397. The smallest absolute Gasteiger partial charge is 0.346 e. The molecular formula is C29H30O5. The van der Waals surface area contributed by atoms with Gasteiger partial charge in [0.05, 0.1) is 23.3 Å². The Morgan fingerprint density at radius 1 is 0.618 bits per heavy atom. The fraction of sp³-hybridized carbons (Fsp3) is 0.276. The number of hydrogen-bond donors (Lipinski definition) is 0. The van der Waals surface area contributed by atoms with Crippen molar-refractivity contribution in [1.29, 1.82) is 0 Å². The Bertz CT molecular complexity index is 1110. The van der Waals surface area contributed by atoms with Gasteiger partial charge in [-0.3, -0.25) is 0 Å². The Balaban J connectivity index is 1.57. The lowest BCUT2D eigenvalue weighted by atomic mass is 10.0. The third kappa shape index (κ3) is 6.88. The molecule has 0 unspecified atom stereocenters. The molecule has 0 heterocycles. The molecule has 0 spiro atoms. The predicted molar refractivity (Wildman–Crippen MR) is 131 cm³/mol. The molecule has 176 valence electrons. The summed E-state index contributed by atoms with van der Waals surface area (Å²) < 4.78 is 10.5. The van der Waals surface area contributed by atoms with Crippen LogP contribution in [0.1, 0.15) is 74.5 Å². The number of esters is 3. The van der Waals surface area contributed by atoms with Gasteiger partial charge in [-0.05, 0) is 59.9 Å². The molecule has 34 heavy (non-hydrogen) atoms. The third-order valence-electron chi connectivity index (χ3n) is 5.48. The summed E-state index contributed by atoms with van der Waals surface area (Å²) in [6.45, 7) is 4.30. The van der Waals surface area contributed by atoms with Crippen LogP contribution in [0.3, 0.4) is 0 Å². The summed E-state index contributed by atoms with van der Waals surface area (Å²) in [4.78, 5) is 37.4. The average Bonchev–Trinajstić information content (AvgIpc) is 2.85. The van der Waals surface area contributed by atoms with E-state index in [9.17, 15) is 14.4 Å². The van der Waals surface area contributed by atoms with Crippen molar-refractivity contribution in [2.24, 2.45) is 0 Å². The Morgan fingerprint density at radius 2 is 1.15 bits per heavy atom. The fourth-order valence-electron chi connectivity index (χ4n) is 3.66. The van der Waals surface area contributed by atoms with E-state index in [4.69, 9.17) is 9.47 Å². The van der Waals surface area contributed by atoms with Crippen LogP contribution in [0.25, 0.3) is 0 Å². The van der Waals surface area contributed by atoms with Crippen molar-refractivity contribution in [3.8, 4) is 0 Å². The van der Waals surface area contributed by atoms with E-state index >= 15 is 0 Å². The zero-order valence-corrected chi connectivity index (χ0v) is 19.7. The number of benzene rings is 3. The maximum atomic E-state index is 12.7. The van der Waals surface area contributed by atoms with Gasteiger partial charge in [-0.2, -0.15) is 0 Å². The van der Waals surface area contributed by atoms with Crippen molar-refractivity contribution in [3.63, 3.8) is 0 Å². The number of rotatable bonds is 10. The van der Waals surface area contributed by atoms with Crippen LogP contribution in [0.2, 0.25) is 0 Å². The maximum absolute atomic E-state index is 12.7. The second-order valence-corrected chi connectivity index (χ2v) is 8.11. The van der Waals surface area contributed by atoms with E-state index in [1.165, 1.54) is 5.56 Å². The molecule has 0 aromatic heterocycles. The highest BCUT2D eigenvalue weighted by Gasteiger charge is 2.18. The minimum atomic E-state index is -0.726. The fourth-order valence-corrected chi connectivity index (χ4v) is 3.66. The molecular weight excluding hydrogens is 428 g/mol. The molecule has 0 atom stereocenters. The van der Waals surface area contributed by atoms with Crippen molar-refractivity contribution in [2.75, 3.05) is 6.61 Å². The van der Waals surface area contributed by atoms with Gasteiger partial charge >= 0.3 is 17.9 Å². The monoisotopic (exact) mass is 458 g/mol. The van der Waals surface area contributed by atoms with Gasteiger partial charge in [-0.25, -0.2) is 14.4 Å². The number of carbonyl (C=O) groups is 3. The summed E-state index contributed by atoms with van der Waals surface area (Å²) in [5.41, 5.74) is 4.04. The van der Waals surface area contributed by atoms with Crippen LogP contribution in [-0.4, -0.2) is 24.5 Å². The molecule has 3 rings (SSSR count). The van der Waals surface area contributed by atoms with E-state index in [2.05, 4.69) is 13.8 Å². The molecule has 0 saturated carbocycles. The predicted octanol–water partition coefficient (Wildman–Crippen LogP) is 5.99. The van der Waals surface area contributed by atoms with Crippen molar-refractivity contribution < 1.29 is 23.9 Å². The van der Waals surface area contributed by atoms with Crippen LogP contribution in [0, 0.1) is 0 Å². The molecule has 0 bridgehead atoms. The zero-order valence-electron chi connectivity index (χ0n) is 19.7. The first-order valence-corrected chi connectivity index (χ1v) is 11.7. The molecule has 0 fully saturated rings. The number of aryl methyl sites for hydroxylation is 2. The van der Waals surface area contributed by atoms with E-state index in [0.29, 0.717) is 23.1 Å². The Kier molecular flexibility index (Phi) is 9.15. The summed E-state index contributed by atoms with van der Waals surface area (Å²) in [5.74, 6) is -1.83. The number of carbonyl (C=O) groups excluding carboxylic acids is 3. The second kappa shape index (κ2) is 12.5. The van der Waals surface area contributed by atoms with Gasteiger partial charge < -0.3 is 9.47 Å². The minimum absolute atomic E-state index is 0.104. The van der Waals surface area contributed by atoms with Gasteiger partial charge in [0.15, 0.2) is 0 Å². The highest BCUT2D eigenvalue weighted by Crippen LogP contribution is 2.15. The normalized spacial score (nSPS) is 10.5. The molecule has 0 amide bonds. The highest BCUT2D eigenvalue weighted by atomic mass is 16.6. The Hall–Kier alpha value is -3.73. The Labute approximate surface area is 200 Å². The van der Waals surface area contributed by atoms with Crippen molar-refractivity contribution >= 4 is 17.9 Å². The van der Waals surface area contributed by atoms with E-state index in [1.807, 2.05) is 24.3 Å². The average molecular weight is 459 g/mol. The number of ether oxygens (including phenoxy) is 2. The molecule has 0 saturated heterocycles. The SMILES string of the molecule is CCCc1ccc(C(=O)OCCc2ccccc2C(=O)OC(=O)c2ccc(CCC)cc2)cc1. The molecule has 5 nitrogen and oxygen atoms in total. The molecule has 3 aromatic carbocycles. The Morgan fingerprint density at radius 3 is 1.71 bits per heavy atom. The lowest BCUT2D eigenvalue weighted by Crippen LogP contribution is -2.16. The quantitative estimate of drug-likeness (QED) is 0.276. The first-order valence-electron chi connectivity index (χ1n) is 11.7. The third-order valence-corrected chi connectivity index (χ3v) is 5.48. The summed E-state index contributed by atoms with van der Waals surface area (Å²) in [6.07, 6.45) is 4.28. The number of hydrogen-bond acceptors (Lipinski definition) is 5. The molecule has 5 heteroatoms. The van der Waals surface area contributed by atoms with Gasteiger partial charge in [-0.15, -0.1) is 0 Å². The standard InChI is InChI=1S/C29H30O5/c1-3-7-21-11-15-24(16-12-21)27(30)33-20-19-23-9-5-6-10-26(23)29(32)34-28(31)25-17-13-22(8-4-2)14-18-25/h5-6,9-18H,3-4,7-8,19-20H2,1-2H3. The molecule has 0 aliphatic heterocycles. The molecule has 0 radical (unpaired) electrons. The van der Waals surface area contributed by atoms with Gasteiger partial charge in [0.1, 0.15) is 0 Å². The van der Waals surface area contributed by atoms with Crippen LogP contribution in [0.4, 0.5) is 0 Å². The largest absolute Gasteiger partial charge is 0.462 e. The molecule has 0 N–H and O–H groups in total. The van der Waals surface area contributed by atoms with Crippen LogP contribution in [-0.2, 0) is 28.7 Å². The van der Waals surface area contributed by atoms with Crippen LogP contribution < -0.4 is 0 Å². The molecule has 0 aliphatic rings. The van der Waals surface area contributed by atoms with E-state index < -0.39 is 17.9 Å². The van der Waals surface area contributed by atoms with Crippen LogP contribution in [0.15, 0.2) is 72.8 Å². The molecule has 0 aliphatic carbocycles. The second-order valence-electron chi connectivity index (χ2n) is 8.11. The summed E-state index contributed by atoms with van der Waals surface area (Å²) in [6, 6.07) is 21.3. The zero-order chi connectivity index (χ0) is 24.3. The van der Waals surface area contributed by atoms with Crippen LogP contribution in [0.5, 0.6) is 0 Å². The van der Waals surface area contributed by atoms with E-state index in [0.717, 1.165) is 31.2 Å². The first-order chi connectivity index (χ1) is 16.5. The lowest BCUT2D eigenvalue weighted by Gasteiger charge is -2.10. The van der Waals surface area contributed by atoms with Crippen molar-refractivity contribution in [1.82, 2.24) is 0 Å². The summed E-state index contributed by atoms with van der Waals surface area (Å²) in [7, 11) is 0. The van der Waals surface area contributed by atoms with Crippen molar-refractivity contribution in [3.05, 3.63) is 106 Å². The minimum Gasteiger partial charge on any atom is -0.462 e. The van der Waals surface area contributed by atoms with Crippen LogP contribution >= 0.6 is 0 Å². The van der Waals surface area contributed by atoms with Gasteiger partial charge in [0.2, 0.25) is 0 Å². The summed E-state index contributed by atoms with van der Waals surface area (Å²) in [5, 5.41) is 0. The van der Waals surface area contributed by atoms with Crippen molar-refractivity contribution in [2.45, 2.75) is 46.0 Å². The van der Waals surface area contributed by atoms with Gasteiger partial charge in [-0.1, -0.05) is 69.2 Å². The maximum Gasteiger partial charge on any atom is 0.346 e. The van der Waals surface area contributed by atoms with Gasteiger partial charge in [0, 0.05) is 6.42 Å². The van der Waals surface area contributed by atoms with E-state index in [1.54, 1.807) is 48.5 Å². The summed E-state index contributed by atoms with van der Waals surface area (Å²) >= 11 is 0.